The Morgan fingerprint density at radius 2 is 2.10 bits per heavy atom. The minimum Gasteiger partial charge on any atom is -0.493 e. The van der Waals surface area contributed by atoms with Crippen molar-refractivity contribution in [2.24, 2.45) is 0 Å². The van der Waals surface area contributed by atoms with Gasteiger partial charge in [-0.2, -0.15) is 0 Å². The number of halogens is 1. The molecule has 0 radical (unpaired) electrons. The molecule has 0 aliphatic carbocycles. The van der Waals surface area contributed by atoms with E-state index in [0.717, 1.165) is 40.1 Å². The van der Waals surface area contributed by atoms with Crippen molar-refractivity contribution in [3.63, 3.8) is 0 Å². The zero-order chi connectivity index (χ0) is 14.1. The van der Waals surface area contributed by atoms with Crippen molar-refractivity contribution in [1.29, 1.82) is 0 Å². The van der Waals surface area contributed by atoms with Gasteiger partial charge >= 0.3 is 0 Å². The van der Waals surface area contributed by atoms with Crippen LogP contribution in [0.3, 0.4) is 0 Å². The third-order valence-electron chi connectivity index (χ3n) is 3.25. The summed E-state index contributed by atoms with van der Waals surface area (Å²) in [5.41, 5.74) is 3.64. The van der Waals surface area contributed by atoms with Crippen LogP contribution in [0.2, 0.25) is 0 Å². The van der Waals surface area contributed by atoms with Crippen LogP contribution in [0.5, 0.6) is 5.75 Å². The molecule has 4 heteroatoms. The normalized spacial score (nSPS) is 12.7. The van der Waals surface area contributed by atoms with E-state index in [0.29, 0.717) is 5.56 Å². The number of carbonyl (C=O) groups excluding carboxylic acids is 1. The molecule has 3 nitrogen and oxygen atoms in total. The highest BCUT2D eigenvalue weighted by Crippen LogP contribution is 2.28. The van der Waals surface area contributed by atoms with Gasteiger partial charge in [0.15, 0.2) is 0 Å². The highest BCUT2D eigenvalue weighted by atomic mass is 79.9. The molecule has 102 valence electrons. The first kappa shape index (κ1) is 13.2. The number of hydrogen-bond acceptors (Lipinski definition) is 2. The molecule has 0 aromatic heterocycles. The highest BCUT2D eigenvalue weighted by Gasteiger charge is 2.13. The molecule has 20 heavy (non-hydrogen) atoms. The summed E-state index contributed by atoms with van der Waals surface area (Å²) in [7, 11) is 0. The van der Waals surface area contributed by atoms with Gasteiger partial charge in [-0.15, -0.1) is 0 Å². The highest BCUT2D eigenvalue weighted by molar-refractivity contribution is 9.10. The van der Waals surface area contributed by atoms with E-state index in [4.69, 9.17) is 4.74 Å². The Balaban J connectivity index is 1.82. The number of amides is 1. The monoisotopic (exact) mass is 331 g/mol. The van der Waals surface area contributed by atoms with Gasteiger partial charge in [0.25, 0.3) is 5.91 Å². The summed E-state index contributed by atoms with van der Waals surface area (Å²) in [5, 5.41) is 2.93. The van der Waals surface area contributed by atoms with Gasteiger partial charge in [-0.3, -0.25) is 4.79 Å². The van der Waals surface area contributed by atoms with Gasteiger partial charge in [-0.05, 0) is 54.4 Å². The van der Waals surface area contributed by atoms with Crippen molar-refractivity contribution in [3.8, 4) is 5.75 Å². The van der Waals surface area contributed by atoms with Crippen LogP contribution in [0.4, 0.5) is 5.69 Å². The smallest absolute Gasteiger partial charge is 0.255 e. The van der Waals surface area contributed by atoms with Crippen LogP contribution < -0.4 is 10.1 Å². The summed E-state index contributed by atoms with van der Waals surface area (Å²) in [6.45, 7) is 2.69. The second-order valence-electron chi connectivity index (χ2n) is 4.89. The number of benzene rings is 2. The molecule has 0 bridgehead atoms. The number of anilines is 1. The number of aryl methyl sites for hydroxylation is 1. The molecule has 2 aromatic carbocycles. The first-order valence-electron chi connectivity index (χ1n) is 6.46. The van der Waals surface area contributed by atoms with Crippen LogP contribution in [0, 0.1) is 6.92 Å². The third kappa shape index (κ3) is 2.70. The van der Waals surface area contributed by atoms with Crippen LogP contribution in [0.15, 0.2) is 40.9 Å². The Bertz CT molecular complexity index is 662. The molecule has 1 heterocycles. The Kier molecular flexibility index (Phi) is 3.49. The summed E-state index contributed by atoms with van der Waals surface area (Å²) in [6, 6.07) is 11.4. The fourth-order valence-electron chi connectivity index (χ4n) is 2.34. The van der Waals surface area contributed by atoms with Crippen molar-refractivity contribution in [2.75, 3.05) is 11.9 Å². The van der Waals surface area contributed by atoms with Crippen molar-refractivity contribution in [3.05, 3.63) is 57.6 Å². The molecule has 0 atom stereocenters. The minimum absolute atomic E-state index is 0.103. The molecule has 3 rings (SSSR count). The molecule has 0 unspecified atom stereocenters. The van der Waals surface area contributed by atoms with Crippen LogP contribution >= 0.6 is 15.9 Å². The van der Waals surface area contributed by atoms with Gasteiger partial charge in [0, 0.05) is 22.1 Å². The first-order chi connectivity index (χ1) is 9.61. The first-order valence-corrected chi connectivity index (χ1v) is 7.25. The summed E-state index contributed by atoms with van der Waals surface area (Å²) in [5.74, 6) is 0.814. The average Bonchev–Trinajstić information content (AvgIpc) is 2.85. The topological polar surface area (TPSA) is 38.3 Å². The Hall–Kier alpha value is -1.81. The van der Waals surface area contributed by atoms with E-state index in [1.807, 2.05) is 43.3 Å². The molecule has 0 saturated carbocycles. The van der Waals surface area contributed by atoms with Gasteiger partial charge in [0.05, 0.1) is 6.61 Å². The Morgan fingerprint density at radius 3 is 2.90 bits per heavy atom. The predicted octanol–water partition coefficient (Wildman–Crippen LogP) is 3.94. The lowest BCUT2D eigenvalue weighted by molar-refractivity contribution is 0.102. The number of hydrogen-bond donors (Lipinski definition) is 1. The van der Waals surface area contributed by atoms with E-state index in [1.54, 1.807) is 0 Å². The van der Waals surface area contributed by atoms with Gasteiger partial charge in [-0.1, -0.05) is 15.9 Å². The summed E-state index contributed by atoms with van der Waals surface area (Å²) in [6.07, 6.45) is 0.898. The average molecular weight is 332 g/mol. The fourth-order valence-corrected chi connectivity index (χ4v) is 2.94. The van der Waals surface area contributed by atoms with E-state index in [9.17, 15) is 4.79 Å². The second kappa shape index (κ2) is 5.29. The zero-order valence-electron chi connectivity index (χ0n) is 11.1. The lowest BCUT2D eigenvalue weighted by Gasteiger charge is -2.08. The maximum Gasteiger partial charge on any atom is 0.255 e. The SMILES string of the molecule is Cc1cc(Br)cc(C(=O)Nc2ccc3c(c2)CCO3)c1. The summed E-state index contributed by atoms with van der Waals surface area (Å²) < 4.78 is 6.36. The number of nitrogens with one attached hydrogen (secondary N) is 1. The molecule has 1 amide bonds. The Morgan fingerprint density at radius 1 is 1.25 bits per heavy atom. The van der Waals surface area contributed by atoms with Crippen LogP contribution in [0.25, 0.3) is 0 Å². The van der Waals surface area contributed by atoms with E-state index in [1.165, 1.54) is 0 Å². The van der Waals surface area contributed by atoms with Gasteiger partial charge in [-0.25, -0.2) is 0 Å². The van der Waals surface area contributed by atoms with E-state index in [2.05, 4.69) is 21.2 Å². The second-order valence-corrected chi connectivity index (χ2v) is 5.81. The van der Waals surface area contributed by atoms with Crippen molar-refractivity contribution in [1.82, 2.24) is 0 Å². The molecular formula is C16H14BrNO2. The molecule has 0 fully saturated rings. The molecule has 1 N–H and O–H groups in total. The molecule has 2 aromatic rings. The largest absolute Gasteiger partial charge is 0.493 e. The van der Waals surface area contributed by atoms with Crippen molar-refractivity contribution < 1.29 is 9.53 Å². The van der Waals surface area contributed by atoms with Crippen LogP contribution in [-0.4, -0.2) is 12.5 Å². The molecule has 0 saturated heterocycles. The van der Waals surface area contributed by atoms with Crippen LogP contribution in [0.1, 0.15) is 21.5 Å². The predicted molar refractivity (Wildman–Crippen MR) is 82.5 cm³/mol. The molecule has 1 aliphatic heterocycles. The summed E-state index contributed by atoms with van der Waals surface area (Å²) >= 11 is 3.41. The third-order valence-corrected chi connectivity index (χ3v) is 3.71. The fraction of sp³-hybridized carbons (Fsp3) is 0.188. The van der Waals surface area contributed by atoms with Crippen LogP contribution in [-0.2, 0) is 6.42 Å². The number of fused-ring (bicyclic) bond motifs is 1. The van der Waals surface area contributed by atoms with Gasteiger partial charge in [0.2, 0.25) is 0 Å². The maximum atomic E-state index is 12.3. The van der Waals surface area contributed by atoms with E-state index in [-0.39, 0.29) is 5.91 Å². The van der Waals surface area contributed by atoms with Crippen molar-refractivity contribution in [2.45, 2.75) is 13.3 Å². The van der Waals surface area contributed by atoms with Gasteiger partial charge < -0.3 is 10.1 Å². The number of rotatable bonds is 2. The van der Waals surface area contributed by atoms with E-state index >= 15 is 0 Å². The molecule has 1 aliphatic rings. The summed E-state index contributed by atoms with van der Waals surface area (Å²) in [4.78, 5) is 12.3. The molecule has 0 spiro atoms. The quantitative estimate of drug-likeness (QED) is 0.904. The maximum absolute atomic E-state index is 12.3. The van der Waals surface area contributed by atoms with Crippen molar-refractivity contribution >= 4 is 27.5 Å². The molecular weight excluding hydrogens is 318 g/mol. The number of ether oxygens (including phenoxy) is 1. The minimum atomic E-state index is -0.103. The Labute approximate surface area is 126 Å². The van der Waals surface area contributed by atoms with E-state index < -0.39 is 0 Å². The standard InChI is InChI=1S/C16H14BrNO2/c1-10-6-12(8-13(17)7-10)16(19)18-14-2-3-15-11(9-14)4-5-20-15/h2-3,6-9H,4-5H2,1H3,(H,18,19). The lowest BCUT2D eigenvalue weighted by atomic mass is 10.1. The lowest BCUT2D eigenvalue weighted by Crippen LogP contribution is -2.12. The number of carbonyl (C=O) groups is 1. The van der Waals surface area contributed by atoms with Gasteiger partial charge in [0.1, 0.15) is 5.75 Å². The zero-order valence-corrected chi connectivity index (χ0v) is 12.7.